The molecule has 0 aliphatic heterocycles. The fourth-order valence-electron chi connectivity index (χ4n) is 5.42. The van der Waals surface area contributed by atoms with Gasteiger partial charge in [-0.2, -0.15) is 0 Å². The van der Waals surface area contributed by atoms with Crippen LogP contribution in [0, 0.1) is 6.92 Å². The van der Waals surface area contributed by atoms with Crippen molar-refractivity contribution in [1.29, 1.82) is 0 Å². The SMILES string of the molecule is Cc1cccc(-c2cccc(-c3cccc(-c4cccc(-c5cccc6c5sc5ccccc56)c4)c3)c2)c1. The van der Waals surface area contributed by atoms with Gasteiger partial charge in [0.25, 0.3) is 0 Å². The van der Waals surface area contributed by atoms with Crippen LogP contribution in [0.4, 0.5) is 0 Å². The van der Waals surface area contributed by atoms with Crippen molar-refractivity contribution in [2.24, 2.45) is 0 Å². The first-order chi connectivity index (χ1) is 18.7. The maximum Gasteiger partial charge on any atom is 0.0433 e. The average molecular weight is 503 g/mol. The van der Waals surface area contributed by atoms with E-state index in [1.165, 1.54) is 70.2 Å². The number of thiophene rings is 1. The van der Waals surface area contributed by atoms with E-state index in [1.807, 2.05) is 11.3 Å². The van der Waals surface area contributed by atoms with Gasteiger partial charge in [0, 0.05) is 20.2 Å². The van der Waals surface area contributed by atoms with Crippen LogP contribution in [-0.2, 0) is 0 Å². The fraction of sp³-hybridized carbons (Fsp3) is 0.0270. The Bertz CT molecular complexity index is 1940. The van der Waals surface area contributed by atoms with E-state index >= 15 is 0 Å². The second-order valence-electron chi connectivity index (χ2n) is 9.89. The van der Waals surface area contributed by atoms with Gasteiger partial charge in [-0.15, -0.1) is 11.3 Å². The topological polar surface area (TPSA) is 0 Å². The second-order valence-corrected chi connectivity index (χ2v) is 10.9. The molecule has 0 unspecified atom stereocenters. The molecule has 0 radical (unpaired) electrons. The highest BCUT2D eigenvalue weighted by Crippen LogP contribution is 2.40. The Morgan fingerprint density at radius 2 is 0.868 bits per heavy atom. The van der Waals surface area contributed by atoms with Crippen LogP contribution in [-0.4, -0.2) is 0 Å². The Hall–Kier alpha value is -4.46. The molecule has 0 aliphatic carbocycles. The first-order valence-electron chi connectivity index (χ1n) is 13.0. The molecule has 0 atom stereocenters. The van der Waals surface area contributed by atoms with Crippen LogP contribution in [0.25, 0.3) is 64.7 Å². The van der Waals surface area contributed by atoms with Crippen LogP contribution < -0.4 is 0 Å². The van der Waals surface area contributed by atoms with Gasteiger partial charge in [-0.05, 0) is 75.7 Å². The van der Waals surface area contributed by atoms with Crippen LogP contribution in [0.5, 0.6) is 0 Å². The molecule has 0 fully saturated rings. The molecule has 0 spiro atoms. The van der Waals surface area contributed by atoms with E-state index in [-0.39, 0.29) is 0 Å². The molecule has 0 amide bonds. The van der Waals surface area contributed by atoms with Crippen molar-refractivity contribution in [2.45, 2.75) is 6.92 Å². The van der Waals surface area contributed by atoms with E-state index in [0.29, 0.717) is 0 Å². The van der Waals surface area contributed by atoms with Crippen molar-refractivity contribution in [2.75, 3.05) is 0 Å². The summed E-state index contributed by atoms with van der Waals surface area (Å²) in [4.78, 5) is 0. The van der Waals surface area contributed by atoms with E-state index in [2.05, 4.69) is 146 Å². The minimum absolute atomic E-state index is 1.23. The molecule has 1 heteroatoms. The summed E-state index contributed by atoms with van der Waals surface area (Å²) in [5.74, 6) is 0. The lowest BCUT2D eigenvalue weighted by Gasteiger charge is -2.10. The molecule has 1 aromatic heterocycles. The maximum absolute atomic E-state index is 2.33. The molecular formula is C37H26S. The molecule has 0 saturated carbocycles. The molecular weight excluding hydrogens is 476 g/mol. The Morgan fingerprint density at radius 3 is 1.50 bits per heavy atom. The van der Waals surface area contributed by atoms with Gasteiger partial charge in [0.2, 0.25) is 0 Å². The summed E-state index contributed by atoms with van der Waals surface area (Å²) >= 11 is 1.88. The standard InChI is InChI=1S/C37H26S/c1-25-9-4-10-26(21-25)27-11-5-12-28(22-27)29-13-6-14-30(23-29)31-15-7-16-32(24-31)33-18-8-19-35-34-17-2-3-20-36(34)38-37(33)35/h2-24H,1H3. The lowest BCUT2D eigenvalue weighted by atomic mass is 9.94. The fourth-order valence-corrected chi connectivity index (χ4v) is 6.66. The van der Waals surface area contributed by atoms with Crippen molar-refractivity contribution in [1.82, 2.24) is 0 Å². The third-order valence-electron chi connectivity index (χ3n) is 7.32. The molecule has 0 saturated heterocycles. The maximum atomic E-state index is 2.33. The summed E-state index contributed by atoms with van der Waals surface area (Å²) in [6.45, 7) is 2.15. The zero-order valence-electron chi connectivity index (χ0n) is 21.2. The minimum Gasteiger partial charge on any atom is -0.135 e. The van der Waals surface area contributed by atoms with E-state index in [1.54, 1.807) is 0 Å². The molecule has 0 N–H and O–H groups in total. The Labute approximate surface area is 227 Å². The highest BCUT2D eigenvalue weighted by Gasteiger charge is 2.11. The third kappa shape index (κ3) is 4.12. The van der Waals surface area contributed by atoms with Crippen LogP contribution in [0.2, 0.25) is 0 Å². The molecule has 7 rings (SSSR count). The molecule has 38 heavy (non-hydrogen) atoms. The van der Waals surface area contributed by atoms with E-state index < -0.39 is 0 Å². The highest BCUT2D eigenvalue weighted by atomic mass is 32.1. The zero-order valence-corrected chi connectivity index (χ0v) is 22.0. The molecule has 0 nitrogen and oxygen atoms in total. The number of hydrogen-bond acceptors (Lipinski definition) is 1. The van der Waals surface area contributed by atoms with E-state index in [9.17, 15) is 0 Å². The largest absolute Gasteiger partial charge is 0.135 e. The molecule has 0 bridgehead atoms. The zero-order chi connectivity index (χ0) is 25.5. The van der Waals surface area contributed by atoms with Gasteiger partial charge in [0.05, 0.1) is 0 Å². The number of benzene rings is 6. The lowest BCUT2D eigenvalue weighted by molar-refractivity contribution is 1.47. The lowest BCUT2D eigenvalue weighted by Crippen LogP contribution is -1.85. The van der Waals surface area contributed by atoms with Crippen LogP contribution in [0.1, 0.15) is 5.56 Å². The minimum atomic E-state index is 1.23. The van der Waals surface area contributed by atoms with Crippen molar-refractivity contribution >= 4 is 31.5 Å². The molecule has 7 aromatic rings. The molecule has 1 heterocycles. The smallest absolute Gasteiger partial charge is 0.0433 e. The Morgan fingerprint density at radius 1 is 0.395 bits per heavy atom. The summed E-state index contributed by atoms with van der Waals surface area (Å²) in [6, 6.07) is 50.8. The normalized spacial score (nSPS) is 11.3. The molecule has 6 aromatic carbocycles. The van der Waals surface area contributed by atoms with Gasteiger partial charge >= 0.3 is 0 Å². The van der Waals surface area contributed by atoms with Gasteiger partial charge < -0.3 is 0 Å². The second kappa shape index (κ2) is 9.45. The predicted octanol–water partition coefficient (Wildman–Crippen LogP) is 11.0. The number of fused-ring (bicyclic) bond motifs is 3. The summed E-state index contributed by atoms with van der Waals surface area (Å²) in [5, 5.41) is 2.68. The monoisotopic (exact) mass is 502 g/mol. The number of aryl methyl sites for hydroxylation is 1. The first kappa shape index (κ1) is 22.7. The van der Waals surface area contributed by atoms with Crippen molar-refractivity contribution < 1.29 is 0 Å². The van der Waals surface area contributed by atoms with Crippen LogP contribution in [0.3, 0.4) is 0 Å². The van der Waals surface area contributed by atoms with Gasteiger partial charge in [0.15, 0.2) is 0 Å². The first-order valence-corrected chi connectivity index (χ1v) is 13.8. The summed E-state index contributed by atoms with van der Waals surface area (Å²) in [5.41, 5.74) is 11.3. The molecule has 0 aliphatic rings. The highest BCUT2D eigenvalue weighted by molar-refractivity contribution is 7.26. The quantitative estimate of drug-likeness (QED) is 0.224. The summed E-state index contributed by atoms with van der Waals surface area (Å²) in [7, 11) is 0. The van der Waals surface area contributed by atoms with Crippen molar-refractivity contribution in [3.8, 4) is 44.5 Å². The van der Waals surface area contributed by atoms with Crippen LogP contribution >= 0.6 is 11.3 Å². The summed E-state index contributed by atoms with van der Waals surface area (Å²) < 4.78 is 2.69. The van der Waals surface area contributed by atoms with E-state index in [0.717, 1.165) is 0 Å². The van der Waals surface area contributed by atoms with Gasteiger partial charge in [0.1, 0.15) is 0 Å². The van der Waals surface area contributed by atoms with Crippen molar-refractivity contribution in [3.05, 3.63) is 145 Å². The number of hydrogen-bond donors (Lipinski definition) is 0. The summed E-state index contributed by atoms with van der Waals surface area (Å²) in [6.07, 6.45) is 0. The molecule has 180 valence electrons. The van der Waals surface area contributed by atoms with Crippen molar-refractivity contribution in [3.63, 3.8) is 0 Å². The van der Waals surface area contributed by atoms with Crippen LogP contribution in [0.15, 0.2) is 140 Å². The van der Waals surface area contributed by atoms with E-state index in [4.69, 9.17) is 0 Å². The Kier molecular flexibility index (Phi) is 5.65. The van der Waals surface area contributed by atoms with Gasteiger partial charge in [-0.25, -0.2) is 0 Å². The van der Waals surface area contributed by atoms with Gasteiger partial charge in [-0.1, -0.05) is 121 Å². The van der Waals surface area contributed by atoms with Gasteiger partial charge in [-0.3, -0.25) is 0 Å². The average Bonchev–Trinajstić information content (AvgIpc) is 3.36. The Balaban J connectivity index is 1.28. The number of rotatable bonds is 4. The third-order valence-corrected chi connectivity index (χ3v) is 8.54. The predicted molar refractivity (Wildman–Crippen MR) is 166 cm³/mol.